The van der Waals surface area contributed by atoms with Gasteiger partial charge in [-0.3, -0.25) is 4.79 Å². The van der Waals surface area contributed by atoms with E-state index in [4.69, 9.17) is 21.1 Å². The summed E-state index contributed by atoms with van der Waals surface area (Å²) >= 11 is 6.54. The molecule has 4 aromatic carbocycles. The van der Waals surface area contributed by atoms with Crippen LogP contribution in [0.25, 0.3) is 16.8 Å². The van der Waals surface area contributed by atoms with E-state index in [-0.39, 0.29) is 22.9 Å². The average Bonchev–Trinajstić information content (AvgIpc) is 2.88. The Balaban J connectivity index is 1.60. The number of nitriles is 1. The molecule has 4 aromatic rings. The van der Waals surface area contributed by atoms with Crippen LogP contribution in [-0.2, 0) is 11.4 Å². The highest BCUT2D eigenvalue weighted by Gasteiger charge is 2.16. The monoisotopic (exact) mass is 500 g/mol. The number of halogens is 2. The van der Waals surface area contributed by atoms with Crippen molar-refractivity contribution in [2.24, 2.45) is 0 Å². The van der Waals surface area contributed by atoms with Crippen molar-refractivity contribution in [3.05, 3.63) is 106 Å². The molecule has 0 heterocycles. The van der Waals surface area contributed by atoms with Crippen molar-refractivity contribution in [1.82, 2.24) is 0 Å². The smallest absolute Gasteiger partial charge is 0.266 e. The van der Waals surface area contributed by atoms with Gasteiger partial charge in [0.2, 0.25) is 0 Å². The number of ether oxygens (including phenoxy) is 2. The number of rotatable bonds is 8. The largest absolute Gasteiger partial charge is 0.490 e. The van der Waals surface area contributed by atoms with Crippen molar-refractivity contribution in [3.8, 4) is 17.6 Å². The third-order valence-corrected chi connectivity index (χ3v) is 5.66. The van der Waals surface area contributed by atoms with Crippen molar-refractivity contribution >= 4 is 40.0 Å². The molecule has 0 atom stereocenters. The summed E-state index contributed by atoms with van der Waals surface area (Å²) in [6, 6.07) is 24.8. The van der Waals surface area contributed by atoms with Crippen LogP contribution in [-0.4, -0.2) is 12.5 Å². The van der Waals surface area contributed by atoms with Gasteiger partial charge in [0, 0.05) is 0 Å². The number of hydrogen-bond donors (Lipinski definition) is 1. The lowest BCUT2D eigenvalue weighted by Gasteiger charge is -2.15. The van der Waals surface area contributed by atoms with E-state index >= 15 is 0 Å². The van der Waals surface area contributed by atoms with E-state index in [0.29, 0.717) is 23.7 Å². The molecule has 1 amide bonds. The maximum Gasteiger partial charge on any atom is 0.266 e. The minimum absolute atomic E-state index is 0.0196. The van der Waals surface area contributed by atoms with Crippen molar-refractivity contribution in [3.63, 3.8) is 0 Å². The summed E-state index contributed by atoms with van der Waals surface area (Å²) in [5, 5.41) is 14.4. The van der Waals surface area contributed by atoms with E-state index in [1.54, 1.807) is 18.2 Å². The molecule has 7 heteroatoms. The van der Waals surface area contributed by atoms with Gasteiger partial charge in [-0.2, -0.15) is 5.26 Å². The van der Waals surface area contributed by atoms with Crippen LogP contribution < -0.4 is 14.8 Å². The molecule has 0 aromatic heterocycles. The number of carbonyl (C=O) groups excluding carboxylic acids is 1. The molecule has 0 aliphatic heterocycles. The summed E-state index contributed by atoms with van der Waals surface area (Å²) in [6.07, 6.45) is 1.36. The molecular formula is C29H22ClFN2O3. The molecule has 0 aliphatic rings. The van der Waals surface area contributed by atoms with Gasteiger partial charge < -0.3 is 14.8 Å². The van der Waals surface area contributed by atoms with Crippen molar-refractivity contribution < 1.29 is 18.7 Å². The number of fused-ring (bicyclic) bond motifs is 1. The fourth-order valence-corrected chi connectivity index (χ4v) is 3.98. The molecule has 0 aliphatic carbocycles. The fraction of sp³-hybridized carbons (Fsp3) is 0.103. The Labute approximate surface area is 213 Å². The number of anilines is 1. The average molecular weight is 501 g/mol. The molecular weight excluding hydrogens is 479 g/mol. The minimum Gasteiger partial charge on any atom is -0.490 e. The van der Waals surface area contributed by atoms with Gasteiger partial charge in [0.05, 0.1) is 17.3 Å². The number of para-hydroxylation sites is 1. The second-order valence-electron chi connectivity index (χ2n) is 7.79. The Morgan fingerprint density at radius 1 is 1.06 bits per heavy atom. The Bertz CT molecular complexity index is 1490. The number of nitrogens with one attached hydrogen (secondary N) is 1. The second-order valence-corrected chi connectivity index (χ2v) is 8.20. The number of hydrogen-bond acceptors (Lipinski definition) is 4. The number of carbonyl (C=O) groups is 1. The van der Waals surface area contributed by atoms with Gasteiger partial charge in [0.15, 0.2) is 11.5 Å². The second kappa shape index (κ2) is 11.4. The number of amides is 1. The molecule has 5 nitrogen and oxygen atoms in total. The first-order valence-corrected chi connectivity index (χ1v) is 11.6. The third-order valence-electron chi connectivity index (χ3n) is 5.38. The molecule has 0 unspecified atom stereocenters. The third kappa shape index (κ3) is 5.65. The molecule has 0 spiro atoms. The Morgan fingerprint density at radius 3 is 2.58 bits per heavy atom. The first kappa shape index (κ1) is 24.8. The van der Waals surface area contributed by atoms with Gasteiger partial charge in [0.25, 0.3) is 5.91 Å². The van der Waals surface area contributed by atoms with E-state index in [1.165, 1.54) is 24.3 Å². The molecule has 4 rings (SSSR count). The van der Waals surface area contributed by atoms with E-state index < -0.39 is 11.7 Å². The summed E-state index contributed by atoms with van der Waals surface area (Å²) in [7, 11) is 0. The topological polar surface area (TPSA) is 71.3 Å². The highest BCUT2D eigenvalue weighted by molar-refractivity contribution is 6.32. The van der Waals surface area contributed by atoms with Gasteiger partial charge in [-0.1, -0.05) is 66.2 Å². The van der Waals surface area contributed by atoms with Crippen LogP contribution in [0, 0.1) is 17.1 Å². The summed E-state index contributed by atoms with van der Waals surface area (Å²) in [5.74, 6) is -0.605. The number of nitrogens with zero attached hydrogens (tertiary/aromatic N) is 1. The molecule has 0 saturated heterocycles. The lowest BCUT2D eigenvalue weighted by molar-refractivity contribution is -0.112. The standard InChI is InChI=1S/C29H22ClFN2O3/c1-2-35-27-16-19(14-22(17-32)29(34)33-26-13-6-5-12-25(26)31)15-24(30)28(27)36-18-21-10-7-9-20-8-3-4-11-23(20)21/h3-16H,2,18H2,1H3,(H,33,34)/b22-14+. The van der Waals surface area contributed by atoms with Crippen LogP contribution in [0.3, 0.4) is 0 Å². The summed E-state index contributed by atoms with van der Waals surface area (Å²) in [4.78, 5) is 12.6. The van der Waals surface area contributed by atoms with Crippen LogP contribution in [0.5, 0.6) is 11.5 Å². The van der Waals surface area contributed by atoms with E-state index in [0.717, 1.165) is 16.3 Å². The van der Waals surface area contributed by atoms with Crippen LogP contribution >= 0.6 is 11.6 Å². The van der Waals surface area contributed by atoms with E-state index in [1.807, 2.05) is 55.5 Å². The van der Waals surface area contributed by atoms with Crippen LogP contribution in [0.1, 0.15) is 18.1 Å². The lowest BCUT2D eigenvalue weighted by Crippen LogP contribution is -2.14. The first-order chi connectivity index (χ1) is 17.5. The molecule has 0 fully saturated rings. The minimum atomic E-state index is -0.743. The van der Waals surface area contributed by atoms with Crippen LogP contribution in [0.15, 0.2) is 84.4 Å². The molecule has 0 radical (unpaired) electrons. The van der Waals surface area contributed by atoms with Crippen LogP contribution in [0.4, 0.5) is 10.1 Å². The Morgan fingerprint density at radius 2 is 1.81 bits per heavy atom. The van der Waals surface area contributed by atoms with E-state index in [9.17, 15) is 14.4 Å². The summed E-state index contributed by atoms with van der Waals surface area (Å²) in [6.45, 7) is 2.45. The van der Waals surface area contributed by atoms with Crippen molar-refractivity contribution in [1.29, 1.82) is 5.26 Å². The zero-order valence-electron chi connectivity index (χ0n) is 19.4. The van der Waals surface area contributed by atoms with Gasteiger partial charge in [-0.05, 0) is 59.2 Å². The van der Waals surface area contributed by atoms with E-state index in [2.05, 4.69) is 5.32 Å². The molecule has 0 saturated carbocycles. The van der Waals surface area contributed by atoms with Crippen LogP contribution in [0.2, 0.25) is 5.02 Å². The highest BCUT2D eigenvalue weighted by Crippen LogP contribution is 2.38. The van der Waals surface area contributed by atoms with Crippen molar-refractivity contribution in [2.45, 2.75) is 13.5 Å². The Hall–Kier alpha value is -4.34. The van der Waals surface area contributed by atoms with Gasteiger partial charge in [-0.25, -0.2) is 4.39 Å². The molecule has 36 heavy (non-hydrogen) atoms. The maximum absolute atomic E-state index is 13.9. The quantitative estimate of drug-likeness (QED) is 0.206. The molecule has 1 N–H and O–H groups in total. The SMILES string of the molecule is CCOc1cc(/C=C(\C#N)C(=O)Nc2ccccc2F)cc(Cl)c1OCc1cccc2ccccc12. The van der Waals surface area contributed by atoms with Gasteiger partial charge in [0.1, 0.15) is 24.1 Å². The Kier molecular flexibility index (Phi) is 7.84. The van der Waals surface area contributed by atoms with Crippen molar-refractivity contribution in [2.75, 3.05) is 11.9 Å². The van der Waals surface area contributed by atoms with Gasteiger partial charge >= 0.3 is 0 Å². The number of benzene rings is 4. The molecule has 0 bridgehead atoms. The normalized spacial score (nSPS) is 11.1. The van der Waals surface area contributed by atoms with Gasteiger partial charge in [-0.15, -0.1) is 0 Å². The zero-order valence-corrected chi connectivity index (χ0v) is 20.2. The highest BCUT2D eigenvalue weighted by atomic mass is 35.5. The fourth-order valence-electron chi connectivity index (χ4n) is 3.71. The predicted octanol–water partition coefficient (Wildman–Crippen LogP) is 7.16. The summed E-state index contributed by atoms with van der Waals surface area (Å²) < 4.78 is 25.7. The first-order valence-electron chi connectivity index (χ1n) is 11.2. The maximum atomic E-state index is 13.9. The lowest BCUT2D eigenvalue weighted by atomic mass is 10.1. The molecule has 180 valence electrons. The zero-order chi connectivity index (χ0) is 25.5. The predicted molar refractivity (Wildman–Crippen MR) is 140 cm³/mol. The summed E-state index contributed by atoms with van der Waals surface area (Å²) in [5.41, 5.74) is 1.21.